The van der Waals surface area contributed by atoms with Crippen LogP contribution in [0, 0.1) is 13.8 Å². The van der Waals surface area contributed by atoms with Gasteiger partial charge in [0.15, 0.2) is 0 Å². The van der Waals surface area contributed by atoms with E-state index >= 15 is 0 Å². The molecule has 5 nitrogen and oxygen atoms in total. The SMILES string of the molecule is COc1ccc(Cl)cc1NC(=O)N1CCN(c2cc(C)cc(C)c2)CC1. The van der Waals surface area contributed by atoms with E-state index < -0.39 is 0 Å². The Bertz CT molecular complexity index is 781. The van der Waals surface area contributed by atoms with Crippen LogP contribution in [0.2, 0.25) is 5.02 Å². The third-order valence-corrected chi connectivity index (χ3v) is 4.78. The summed E-state index contributed by atoms with van der Waals surface area (Å²) in [5.74, 6) is 0.594. The number of nitrogens with one attached hydrogen (secondary N) is 1. The predicted octanol–water partition coefficient (Wildman–Crippen LogP) is 4.32. The molecule has 1 N–H and O–H groups in total. The van der Waals surface area contributed by atoms with E-state index in [1.807, 2.05) is 4.90 Å². The Morgan fingerprint density at radius 1 is 1.04 bits per heavy atom. The fourth-order valence-electron chi connectivity index (χ4n) is 3.27. The van der Waals surface area contributed by atoms with Crippen molar-refractivity contribution in [1.29, 1.82) is 0 Å². The Kier molecular flexibility index (Phi) is 5.57. The number of piperazine rings is 1. The van der Waals surface area contributed by atoms with Gasteiger partial charge in [-0.3, -0.25) is 0 Å². The van der Waals surface area contributed by atoms with Gasteiger partial charge in [0.05, 0.1) is 12.8 Å². The van der Waals surface area contributed by atoms with Crippen LogP contribution >= 0.6 is 11.6 Å². The van der Waals surface area contributed by atoms with E-state index in [2.05, 4.69) is 42.3 Å². The molecule has 138 valence electrons. The van der Waals surface area contributed by atoms with Crippen LogP contribution in [0.5, 0.6) is 5.75 Å². The summed E-state index contributed by atoms with van der Waals surface area (Å²) in [6.07, 6.45) is 0. The smallest absolute Gasteiger partial charge is 0.322 e. The predicted molar refractivity (Wildman–Crippen MR) is 107 cm³/mol. The summed E-state index contributed by atoms with van der Waals surface area (Å²) < 4.78 is 5.29. The Hall–Kier alpha value is -2.40. The molecule has 6 heteroatoms. The number of halogens is 1. The average Bonchev–Trinajstić information content (AvgIpc) is 2.61. The molecular formula is C20H24ClN3O2. The largest absolute Gasteiger partial charge is 0.495 e. The monoisotopic (exact) mass is 373 g/mol. The van der Waals surface area contributed by atoms with E-state index in [-0.39, 0.29) is 6.03 Å². The number of aryl methyl sites for hydroxylation is 2. The molecule has 0 saturated carbocycles. The minimum atomic E-state index is -0.134. The maximum absolute atomic E-state index is 12.6. The van der Waals surface area contributed by atoms with Crippen LogP contribution < -0.4 is 15.0 Å². The molecule has 1 fully saturated rings. The van der Waals surface area contributed by atoms with Crippen LogP contribution in [0.25, 0.3) is 0 Å². The summed E-state index contributed by atoms with van der Waals surface area (Å²) in [7, 11) is 1.57. The minimum absolute atomic E-state index is 0.134. The van der Waals surface area contributed by atoms with Crippen LogP contribution in [-0.4, -0.2) is 44.2 Å². The summed E-state index contributed by atoms with van der Waals surface area (Å²) in [6.45, 7) is 7.17. The average molecular weight is 374 g/mol. The highest BCUT2D eigenvalue weighted by Crippen LogP contribution is 2.28. The summed E-state index contributed by atoms with van der Waals surface area (Å²) >= 11 is 6.03. The molecule has 2 aromatic rings. The molecule has 0 aromatic heterocycles. The first kappa shape index (κ1) is 18.4. The van der Waals surface area contributed by atoms with Crippen molar-refractivity contribution in [3.05, 3.63) is 52.5 Å². The first-order chi connectivity index (χ1) is 12.5. The van der Waals surface area contributed by atoms with Gasteiger partial charge in [0.1, 0.15) is 5.75 Å². The lowest BCUT2D eigenvalue weighted by Gasteiger charge is -2.36. The molecule has 0 atom stereocenters. The Balaban J connectivity index is 1.63. The van der Waals surface area contributed by atoms with Gasteiger partial charge in [-0.1, -0.05) is 17.7 Å². The second-order valence-corrected chi connectivity index (χ2v) is 7.03. The van der Waals surface area contributed by atoms with Crippen LogP contribution in [-0.2, 0) is 0 Å². The molecule has 3 rings (SSSR count). The van der Waals surface area contributed by atoms with E-state index in [9.17, 15) is 4.79 Å². The second kappa shape index (κ2) is 7.87. The number of hydrogen-bond acceptors (Lipinski definition) is 3. The number of anilines is 2. The molecule has 0 bridgehead atoms. The number of hydrogen-bond donors (Lipinski definition) is 1. The summed E-state index contributed by atoms with van der Waals surface area (Å²) in [5.41, 5.74) is 4.32. The van der Waals surface area contributed by atoms with E-state index in [1.54, 1.807) is 25.3 Å². The molecule has 1 heterocycles. The van der Waals surface area contributed by atoms with E-state index in [0.717, 1.165) is 13.1 Å². The van der Waals surface area contributed by atoms with Crippen LogP contribution in [0.4, 0.5) is 16.2 Å². The molecule has 0 unspecified atom stereocenters. The zero-order valence-corrected chi connectivity index (χ0v) is 16.1. The van der Waals surface area contributed by atoms with Crippen molar-refractivity contribution < 1.29 is 9.53 Å². The lowest BCUT2D eigenvalue weighted by Crippen LogP contribution is -2.50. The van der Waals surface area contributed by atoms with Crippen molar-refractivity contribution in [3.63, 3.8) is 0 Å². The van der Waals surface area contributed by atoms with Crippen LogP contribution in [0.1, 0.15) is 11.1 Å². The lowest BCUT2D eigenvalue weighted by molar-refractivity contribution is 0.208. The van der Waals surface area contributed by atoms with E-state index in [0.29, 0.717) is 29.5 Å². The molecule has 1 aliphatic rings. The first-order valence-electron chi connectivity index (χ1n) is 8.69. The highest BCUT2D eigenvalue weighted by molar-refractivity contribution is 6.31. The number of rotatable bonds is 3. The number of carbonyl (C=O) groups excluding carboxylic acids is 1. The number of ether oxygens (including phenoxy) is 1. The second-order valence-electron chi connectivity index (χ2n) is 6.59. The summed E-state index contributed by atoms with van der Waals surface area (Å²) in [5, 5.41) is 3.46. The van der Waals surface area contributed by atoms with E-state index in [4.69, 9.17) is 16.3 Å². The molecular weight excluding hydrogens is 350 g/mol. The topological polar surface area (TPSA) is 44.8 Å². The number of nitrogens with zero attached hydrogens (tertiary/aromatic N) is 2. The quantitative estimate of drug-likeness (QED) is 0.871. The molecule has 0 aliphatic carbocycles. The van der Waals surface area contributed by atoms with Gasteiger partial charge in [-0.15, -0.1) is 0 Å². The normalized spacial score (nSPS) is 14.3. The Morgan fingerprint density at radius 3 is 2.31 bits per heavy atom. The zero-order chi connectivity index (χ0) is 18.7. The minimum Gasteiger partial charge on any atom is -0.495 e. The number of methoxy groups -OCH3 is 1. The zero-order valence-electron chi connectivity index (χ0n) is 15.4. The molecule has 1 aliphatic heterocycles. The first-order valence-corrected chi connectivity index (χ1v) is 9.07. The van der Waals surface area contributed by atoms with Gasteiger partial charge in [-0.05, 0) is 55.3 Å². The van der Waals surface area contributed by atoms with Gasteiger partial charge < -0.3 is 19.9 Å². The highest BCUT2D eigenvalue weighted by atomic mass is 35.5. The number of benzene rings is 2. The molecule has 2 amide bonds. The summed E-state index contributed by atoms with van der Waals surface area (Å²) in [6, 6.07) is 11.6. The van der Waals surface area contributed by atoms with Gasteiger partial charge >= 0.3 is 6.03 Å². The van der Waals surface area contributed by atoms with Gasteiger partial charge in [0, 0.05) is 36.9 Å². The standard InChI is InChI=1S/C20H24ClN3O2/c1-14-10-15(2)12-17(11-14)23-6-8-24(9-7-23)20(25)22-18-13-16(21)4-5-19(18)26-3/h4-5,10-13H,6-9H2,1-3H3,(H,22,25). The fourth-order valence-corrected chi connectivity index (χ4v) is 3.45. The van der Waals surface area contributed by atoms with Crippen molar-refractivity contribution >= 4 is 29.0 Å². The van der Waals surface area contributed by atoms with Gasteiger partial charge in [0.25, 0.3) is 0 Å². The number of carbonyl (C=O) groups is 1. The molecule has 0 radical (unpaired) electrons. The van der Waals surface area contributed by atoms with E-state index in [1.165, 1.54) is 16.8 Å². The Labute approximate surface area is 159 Å². The number of urea groups is 1. The van der Waals surface area contributed by atoms with Crippen LogP contribution in [0.3, 0.4) is 0 Å². The van der Waals surface area contributed by atoms with Crippen molar-refractivity contribution in [2.24, 2.45) is 0 Å². The maximum atomic E-state index is 12.6. The molecule has 2 aromatic carbocycles. The third kappa shape index (κ3) is 4.22. The molecule has 26 heavy (non-hydrogen) atoms. The Morgan fingerprint density at radius 2 is 1.69 bits per heavy atom. The van der Waals surface area contributed by atoms with Crippen molar-refractivity contribution in [2.75, 3.05) is 43.5 Å². The van der Waals surface area contributed by atoms with Crippen molar-refractivity contribution in [3.8, 4) is 5.75 Å². The lowest BCUT2D eigenvalue weighted by atomic mass is 10.1. The summed E-state index contributed by atoms with van der Waals surface area (Å²) in [4.78, 5) is 16.7. The van der Waals surface area contributed by atoms with Crippen molar-refractivity contribution in [2.45, 2.75) is 13.8 Å². The fraction of sp³-hybridized carbons (Fsp3) is 0.350. The van der Waals surface area contributed by atoms with Gasteiger partial charge in [-0.2, -0.15) is 0 Å². The highest BCUT2D eigenvalue weighted by Gasteiger charge is 2.22. The number of amides is 2. The maximum Gasteiger partial charge on any atom is 0.322 e. The van der Waals surface area contributed by atoms with Crippen molar-refractivity contribution in [1.82, 2.24) is 4.90 Å². The van der Waals surface area contributed by atoms with Gasteiger partial charge in [-0.25, -0.2) is 4.79 Å². The molecule has 1 saturated heterocycles. The third-order valence-electron chi connectivity index (χ3n) is 4.54. The van der Waals surface area contributed by atoms with Crippen LogP contribution in [0.15, 0.2) is 36.4 Å². The molecule has 0 spiro atoms. The van der Waals surface area contributed by atoms with Gasteiger partial charge in [0.2, 0.25) is 0 Å².